The molecule has 2 rings (SSSR count). The fraction of sp³-hybridized carbons (Fsp3) is 0.391. The molecular formula is C23H29ClN2O3. The molecule has 2 aromatic rings. The quantitative estimate of drug-likeness (QED) is 0.729. The van der Waals surface area contributed by atoms with Gasteiger partial charge in [-0.2, -0.15) is 0 Å². The zero-order chi connectivity index (χ0) is 21.6. The van der Waals surface area contributed by atoms with Crippen molar-refractivity contribution in [3.8, 4) is 5.75 Å². The van der Waals surface area contributed by atoms with Crippen molar-refractivity contribution in [2.24, 2.45) is 0 Å². The number of ether oxygens (including phenoxy) is 1. The van der Waals surface area contributed by atoms with Crippen molar-refractivity contribution in [2.75, 3.05) is 6.61 Å². The molecule has 0 bridgehead atoms. The summed E-state index contributed by atoms with van der Waals surface area (Å²) in [7, 11) is 0. The van der Waals surface area contributed by atoms with Crippen LogP contribution in [0.1, 0.15) is 38.8 Å². The molecule has 0 aliphatic heterocycles. The lowest BCUT2D eigenvalue weighted by Gasteiger charge is -2.31. The molecule has 0 unspecified atom stereocenters. The first-order chi connectivity index (χ1) is 13.6. The molecule has 0 heterocycles. The summed E-state index contributed by atoms with van der Waals surface area (Å²) < 4.78 is 5.67. The highest BCUT2D eigenvalue weighted by Gasteiger charge is 2.28. The lowest BCUT2D eigenvalue weighted by Crippen LogP contribution is -2.53. The molecular weight excluding hydrogens is 388 g/mol. The van der Waals surface area contributed by atoms with Crippen LogP contribution in [-0.2, 0) is 16.1 Å². The Labute approximate surface area is 178 Å². The van der Waals surface area contributed by atoms with Crippen LogP contribution in [0.25, 0.3) is 0 Å². The molecule has 0 spiro atoms. The van der Waals surface area contributed by atoms with Crippen LogP contribution in [0, 0.1) is 6.92 Å². The predicted octanol–water partition coefficient (Wildman–Crippen LogP) is 4.36. The molecule has 0 aromatic heterocycles. The van der Waals surface area contributed by atoms with E-state index in [1.165, 1.54) is 0 Å². The van der Waals surface area contributed by atoms with Crippen molar-refractivity contribution >= 4 is 23.4 Å². The predicted molar refractivity (Wildman–Crippen MR) is 116 cm³/mol. The molecule has 2 aromatic carbocycles. The van der Waals surface area contributed by atoms with Gasteiger partial charge in [0.25, 0.3) is 5.91 Å². The second kappa shape index (κ2) is 9.79. The van der Waals surface area contributed by atoms with Crippen LogP contribution in [-0.4, -0.2) is 34.9 Å². The van der Waals surface area contributed by atoms with Crippen molar-refractivity contribution in [1.29, 1.82) is 0 Å². The van der Waals surface area contributed by atoms with Crippen LogP contribution in [0.15, 0.2) is 48.5 Å². The van der Waals surface area contributed by atoms with E-state index in [9.17, 15) is 9.59 Å². The van der Waals surface area contributed by atoms with Crippen molar-refractivity contribution in [1.82, 2.24) is 10.2 Å². The van der Waals surface area contributed by atoms with E-state index in [2.05, 4.69) is 5.32 Å². The zero-order valence-electron chi connectivity index (χ0n) is 17.7. The smallest absolute Gasteiger partial charge is 0.261 e. The fourth-order valence-electron chi connectivity index (χ4n) is 2.77. The number of carbonyl (C=O) groups excluding carboxylic acids is 2. The van der Waals surface area contributed by atoms with Gasteiger partial charge in [0.2, 0.25) is 5.91 Å². The van der Waals surface area contributed by atoms with E-state index in [4.69, 9.17) is 16.3 Å². The largest absolute Gasteiger partial charge is 0.484 e. The normalized spacial score (nSPS) is 12.2. The van der Waals surface area contributed by atoms with Crippen molar-refractivity contribution in [3.05, 3.63) is 64.7 Å². The first-order valence-electron chi connectivity index (χ1n) is 9.61. The average Bonchev–Trinajstić information content (AvgIpc) is 2.65. The first-order valence-corrected chi connectivity index (χ1v) is 9.99. The summed E-state index contributed by atoms with van der Waals surface area (Å²) in [6.07, 6.45) is 0. The number of aryl methyl sites for hydroxylation is 1. The molecule has 29 heavy (non-hydrogen) atoms. The third kappa shape index (κ3) is 7.09. The third-order valence-electron chi connectivity index (χ3n) is 4.35. The maximum Gasteiger partial charge on any atom is 0.261 e. The Bertz CT molecular complexity index is 847. The summed E-state index contributed by atoms with van der Waals surface area (Å²) in [5.41, 5.74) is 1.43. The lowest BCUT2D eigenvalue weighted by atomic mass is 10.1. The van der Waals surface area contributed by atoms with Crippen molar-refractivity contribution < 1.29 is 14.3 Å². The highest BCUT2D eigenvalue weighted by molar-refractivity contribution is 6.31. The second-order valence-electron chi connectivity index (χ2n) is 8.12. The van der Waals surface area contributed by atoms with Crippen molar-refractivity contribution in [3.63, 3.8) is 0 Å². The zero-order valence-corrected chi connectivity index (χ0v) is 18.4. The van der Waals surface area contributed by atoms with Crippen LogP contribution >= 0.6 is 11.6 Å². The number of halogens is 1. The minimum atomic E-state index is -0.641. The Hall–Kier alpha value is -2.53. The Morgan fingerprint density at radius 2 is 1.79 bits per heavy atom. The molecule has 1 atom stereocenters. The van der Waals surface area contributed by atoms with Crippen LogP contribution < -0.4 is 10.1 Å². The molecule has 6 heteroatoms. The van der Waals surface area contributed by atoms with Crippen LogP contribution in [0.2, 0.25) is 5.02 Å². The number of nitrogens with one attached hydrogen (secondary N) is 1. The Morgan fingerprint density at radius 3 is 2.38 bits per heavy atom. The van der Waals surface area contributed by atoms with Gasteiger partial charge in [-0.25, -0.2) is 0 Å². The van der Waals surface area contributed by atoms with Gasteiger partial charge >= 0.3 is 0 Å². The Kier molecular flexibility index (Phi) is 7.68. The first kappa shape index (κ1) is 22.8. The summed E-state index contributed by atoms with van der Waals surface area (Å²) in [5.74, 6) is 0.0915. The van der Waals surface area contributed by atoms with Crippen molar-refractivity contribution in [2.45, 2.75) is 52.7 Å². The monoisotopic (exact) mass is 416 g/mol. The van der Waals surface area contributed by atoms with E-state index in [1.54, 1.807) is 30.0 Å². The minimum Gasteiger partial charge on any atom is -0.484 e. The Balaban J connectivity index is 2.15. The highest BCUT2D eigenvalue weighted by atomic mass is 35.5. The summed E-state index contributed by atoms with van der Waals surface area (Å²) in [6.45, 7) is 9.49. The van der Waals surface area contributed by atoms with Gasteiger partial charge in [-0.15, -0.1) is 0 Å². The topological polar surface area (TPSA) is 58.6 Å². The highest BCUT2D eigenvalue weighted by Crippen LogP contribution is 2.21. The number of hydrogen-bond donors (Lipinski definition) is 1. The third-order valence-corrected chi connectivity index (χ3v) is 4.78. The maximum atomic E-state index is 13.0. The summed E-state index contributed by atoms with van der Waals surface area (Å²) >= 11 is 6.04. The van der Waals surface area contributed by atoms with Crippen LogP contribution in [0.4, 0.5) is 0 Å². The van der Waals surface area contributed by atoms with Gasteiger partial charge in [-0.1, -0.05) is 41.9 Å². The number of amides is 2. The minimum absolute atomic E-state index is 0.166. The molecule has 156 valence electrons. The van der Waals surface area contributed by atoms with E-state index >= 15 is 0 Å². The van der Waals surface area contributed by atoms with Gasteiger partial charge in [0.15, 0.2) is 6.61 Å². The number of rotatable bonds is 7. The van der Waals surface area contributed by atoms with Gasteiger partial charge < -0.3 is 15.0 Å². The van der Waals surface area contributed by atoms with E-state index < -0.39 is 6.04 Å². The summed E-state index contributed by atoms with van der Waals surface area (Å²) in [4.78, 5) is 27.2. The fourth-order valence-corrected chi connectivity index (χ4v) is 2.89. The summed E-state index contributed by atoms with van der Waals surface area (Å²) in [5, 5.41) is 3.58. The molecule has 0 saturated carbocycles. The Morgan fingerprint density at radius 1 is 1.14 bits per heavy atom. The van der Waals surface area contributed by atoms with Gasteiger partial charge in [0, 0.05) is 17.1 Å². The lowest BCUT2D eigenvalue weighted by molar-refractivity contribution is -0.142. The molecule has 5 nitrogen and oxygen atoms in total. The average molecular weight is 417 g/mol. The maximum absolute atomic E-state index is 13.0. The van der Waals surface area contributed by atoms with E-state index in [-0.39, 0.29) is 24.0 Å². The number of nitrogens with zero attached hydrogens (tertiary/aromatic N) is 1. The molecule has 0 fully saturated rings. The van der Waals surface area contributed by atoms with Gasteiger partial charge in [-0.3, -0.25) is 9.59 Å². The molecule has 0 aliphatic carbocycles. The SMILES string of the molecule is Cc1cc(OCC(=O)N(Cc2ccccc2)[C@H](C)C(=O)NC(C)(C)C)ccc1Cl. The van der Waals surface area contributed by atoms with Gasteiger partial charge in [0.1, 0.15) is 11.8 Å². The van der Waals surface area contributed by atoms with E-state index in [0.717, 1.165) is 11.1 Å². The number of benzene rings is 2. The second-order valence-corrected chi connectivity index (χ2v) is 8.53. The number of hydrogen-bond acceptors (Lipinski definition) is 3. The molecule has 0 radical (unpaired) electrons. The van der Waals surface area contributed by atoms with Crippen LogP contribution in [0.5, 0.6) is 5.75 Å². The number of carbonyl (C=O) groups is 2. The van der Waals surface area contributed by atoms with Crippen LogP contribution in [0.3, 0.4) is 0 Å². The van der Waals surface area contributed by atoms with Gasteiger partial charge in [0.05, 0.1) is 0 Å². The molecule has 2 amide bonds. The van der Waals surface area contributed by atoms with Gasteiger partial charge in [-0.05, 0) is 63.9 Å². The summed E-state index contributed by atoms with van der Waals surface area (Å²) in [6, 6.07) is 14.2. The standard InChI is InChI=1S/C23H29ClN2O3/c1-16-13-19(11-12-20(16)24)29-15-21(27)26(14-18-9-7-6-8-10-18)17(2)22(28)25-23(3,4)5/h6-13,17H,14-15H2,1-5H3,(H,25,28)/t17-/m1/s1. The molecule has 1 N–H and O–H groups in total. The van der Waals surface area contributed by atoms with E-state index in [1.807, 2.05) is 58.0 Å². The molecule has 0 saturated heterocycles. The van der Waals surface area contributed by atoms with E-state index in [0.29, 0.717) is 17.3 Å². The molecule has 0 aliphatic rings.